The molecule has 0 atom stereocenters. The fourth-order valence-electron chi connectivity index (χ4n) is 9.57. The second-order valence-electron chi connectivity index (χ2n) is 18.8. The van der Waals surface area contributed by atoms with Crippen LogP contribution in [0.3, 0.4) is 0 Å². The minimum Gasteiger partial charge on any atom is -0.317 e. The highest BCUT2D eigenvalue weighted by atomic mass is 15.1. The molecule has 0 saturated heterocycles. The molecule has 0 saturated carbocycles. The maximum absolute atomic E-state index is 2.42. The Hall–Kier alpha value is -7.30. The molecule has 4 heteroatoms. The maximum atomic E-state index is 2.42. The van der Waals surface area contributed by atoms with Crippen LogP contribution in [0.4, 0.5) is 17.1 Å². The number of hydrogen-bond donors (Lipinski definition) is 0. The summed E-state index contributed by atoms with van der Waals surface area (Å²) in [6, 6.07) is 69.3. The Morgan fingerprint density at radius 2 is 0.790 bits per heavy atom. The highest BCUT2D eigenvalue weighted by Crippen LogP contribution is 2.42. The average Bonchev–Trinajstić information content (AvgIpc) is 3.97. The summed E-state index contributed by atoms with van der Waals surface area (Å²) in [5.41, 5.74) is 15.6. The summed E-state index contributed by atoms with van der Waals surface area (Å²) in [5.74, 6) is 0. The van der Waals surface area contributed by atoms with Crippen LogP contribution < -0.4 is 4.90 Å². The molecule has 0 bridgehead atoms. The first kappa shape index (κ1) is 37.7. The van der Waals surface area contributed by atoms with Gasteiger partial charge in [0.15, 0.2) is 0 Å². The number of para-hydroxylation sites is 3. The van der Waals surface area contributed by atoms with E-state index in [4.69, 9.17) is 0 Å². The fourth-order valence-corrected chi connectivity index (χ4v) is 9.57. The van der Waals surface area contributed by atoms with Crippen molar-refractivity contribution in [1.82, 2.24) is 13.7 Å². The number of rotatable bonds is 6. The molecule has 62 heavy (non-hydrogen) atoms. The summed E-state index contributed by atoms with van der Waals surface area (Å²) < 4.78 is 7.12. The normalized spacial score (nSPS) is 12.4. The lowest BCUT2D eigenvalue weighted by atomic mass is 9.87. The van der Waals surface area contributed by atoms with Gasteiger partial charge in [-0.2, -0.15) is 0 Å². The Labute approximate surface area is 363 Å². The molecule has 0 fully saturated rings. The predicted molar refractivity (Wildman–Crippen MR) is 264 cm³/mol. The molecule has 11 rings (SSSR count). The van der Waals surface area contributed by atoms with Gasteiger partial charge in [-0.15, -0.1) is 0 Å². The zero-order chi connectivity index (χ0) is 42.3. The number of aromatic nitrogens is 3. The van der Waals surface area contributed by atoms with Crippen LogP contribution in [0.5, 0.6) is 0 Å². The van der Waals surface area contributed by atoms with E-state index in [-0.39, 0.29) is 10.8 Å². The van der Waals surface area contributed by atoms with Crippen molar-refractivity contribution >= 4 is 71.6 Å². The zero-order valence-corrected chi connectivity index (χ0v) is 36.3. The van der Waals surface area contributed by atoms with E-state index in [1.165, 1.54) is 71.3 Å². The first-order chi connectivity index (χ1) is 30.0. The van der Waals surface area contributed by atoms with Gasteiger partial charge in [0.1, 0.15) is 0 Å². The SMILES string of the molecule is CC(C)(C)c1ccc(N(c2ccc(-n3c4ccccc4c4c5ccn(-c6ccccc6)c5ccc43)cc2)c2ccc3c(c2)c2ccccc2n3-c2ccc(C(C)(C)C)cc2)cc1. The third-order valence-electron chi connectivity index (χ3n) is 12.8. The first-order valence-electron chi connectivity index (χ1n) is 21.8. The molecular formula is C58H50N4. The van der Waals surface area contributed by atoms with Crippen molar-refractivity contribution in [2.75, 3.05) is 4.90 Å². The zero-order valence-electron chi connectivity index (χ0n) is 36.3. The molecule has 0 spiro atoms. The molecule has 0 aliphatic rings. The lowest BCUT2D eigenvalue weighted by Gasteiger charge is -2.27. The van der Waals surface area contributed by atoms with Crippen LogP contribution in [0.2, 0.25) is 0 Å². The Kier molecular flexibility index (Phi) is 8.59. The molecular weight excluding hydrogens is 753 g/mol. The van der Waals surface area contributed by atoms with Gasteiger partial charge in [-0.1, -0.05) is 120 Å². The van der Waals surface area contributed by atoms with Crippen molar-refractivity contribution in [3.05, 3.63) is 205 Å². The molecule has 4 nitrogen and oxygen atoms in total. The van der Waals surface area contributed by atoms with Crippen molar-refractivity contribution in [1.29, 1.82) is 0 Å². The van der Waals surface area contributed by atoms with Crippen LogP contribution in [0.15, 0.2) is 194 Å². The number of fused-ring (bicyclic) bond motifs is 8. The lowest BCUT2D eigenvalue weighted by Crippen LogP contribution is -2.13. The largest absolute Gasteiger partial charge is 0.317 e. The van der Waals surface area contributed by atoms with E-state index in [2.05, 4.69) is 254 Å². The Morgan fingerprint density at radius 1 is 0.339 bits per heavy atom. The smallest absolute Gasteiger partial charge is 0.0548 e. The Balaban J connectivity index is 1.05. The van der Waals surface area contributed by atoms with Crippen molar-refractivity contribution in [2.24, 2.45) is 0 Å². The topological polar surface area (TPSA) is 18.0 Å². The van der Waals surface area contributed by atoms with Gasteiger partial charge in [-0.3, -0.25) is 0 Å². The highest BCUT2D eigenvalue weighted by Gasteiger charge is 2.22. The summed E-state index contributed by atoms with van der Waals surface area (Å²) >= 11 is 0. The third-order valence-corrected chi connectivity index (χ3v) is 12.8. The van der Waals surface area contributed by atoms with Gasteiger partial charge in [-0.05, 0) is 131 Å². The van der Waals surface area contributed by atoms with Crippen LogP contribution in [-0.4, -0.2) is 13.7 Å². The molecule has 0 radical (unpaired) electrons. The van der Waals surface area contributed by atoms with E-state index in [9.17, 15) is 0 Å². The number of anilines is 3. The van der Waals surface area contributed by atoms with Gasteiger partial charge >= 0.3 is 0 Å². The van der Waals surface area contributed by atoms with Crippen LogP contribution in [0.25, 0.3) is 71.6 Å². The molecule has 3 heterocycles. The van der Waals surface area contributed by atoms with E-state index in [1.54, 1.807) is 0 Å². The molecule has 0 aliphatic heterocycles. The predicted octanol–water partition coefficient (Wildman–Crippen LogP) is 15.9. The molecule has 0 amide bonds. The van der Waals surface area contributed by atoms with Crippen LogP contribution in [0, 0.1) is 0 Å². The first-order valence-corrected chi connectivity index (χ1v) is 21.8. The highest BCUT2D eigenvalue weighted by molar-refractivity contribution is 6.21. The quantitative estimate of drug-likeness (QED) is 0.164. The summed E-state index contributed by atoms with van der Waals surface area (Å²) in [5, 5.41) is 6.24. The van der Waals surface area contributed by atoms with Gasteiger partial charge < -0.3 is 18.6 Å². The minimum absolute atomic E-state index is 0.0505. The van der Waals surface area contributed by atoms with Crippen LogP contribution in [0.1, 0.15) is 52.7 Å². The summed E-state index contributed by atoms with van der Waals surface area (Å²) in [7, 11) is 0. The second-order valence-corrected chi connectivity index (χ2v) is 18.8. The van der Waals surface area contributed by atoms with Gasteiger partial charge in [0.2, 0.25) is 0 Å². The van der Waals surface area contributed by atoms with Crippen molar-refractivity contribution in [3.63, 3.8) is 0 Å². The minimum atomic E-state index is 0.0505. The van der Waals surface area contributed by atoms with Crippen molar-refractivity contribution in [3.8, 4) is 17.1 Å². The van der Waals surface area contributed by atoms with Crippen LogP contribution >= 0.6 is 0 Å². The van der Waals surface area contributed by atoms with E-state index >= 15 is 0 Å². The second kappa shape index (κ2) is 14.1. The molecule has 0 unspecified atom stereocenters. The molecule has 0 N–H and O–H groups in total. The standard InChI is InChI=1S/C58H50N4/c1-57(2,3)39-20-24-42(25-21-39)60(46-32-33-54-50(38-46)47-16-10-12-18-52(47)61(54)44-26-22-40(23-27-44)58(4,5)6)43-28-30-45(31-29-43)62-53-19-13-11-17-48(53)56-49-36-37-59(41-14-8-7-9-15-41)51(49)34-35-55(56)62/h7-38H,1-6H3. The van der Waals surface area contributed by atoms with E-state index in [1.807, 2.05) is 0 Å². The Morgan fingerprint density at radius 3 is 1.44 bits per heavy atom. The molecule has 0 aliphatic carbocycles. The number of benzene rings is 8. The molecule has 302 valence electrons. The lowest BCUT2D eigenvalue weighted by molar-refractivity contribution is 0.590. The van der Waals surface area contributed by atoms with E-state index in [0.717, 1.165) is 28.4 Å². The average molecular weight is 803 g/mol. The Bertz CT molecular complexity index is 3440. The van der Waals surface area contributed by atoms with Crippen molar-refractivity contribution < 1.29 is 0 Å². The maximum Gasteiger partial charge on any atom is 0.0548 e. The van der Waals surface area contributed by atoms with E-state index < -0.39 is 0 Å². The fraction of sp³-hybridized carbons (Fsp3) is 0.138. The van der Waals surface area contributed by atoms with Gasteiger partial charge in [0.05, 0.1) is 27.6 Å². The molecule has 3 aromatic heterocycles. The van der Waals surface area contributed by atoms with Gasteiger partial charge in [0.25, 0.3) is 0 Å². The van der Waals surface area contributed by atoms with Crippen LogP contribution in [-0.2, 0) is 10.8 Å². The molecule has 8 aromatic carbocycles. The third kappa shape index (κ3) is 6.12. The monoisotopic (exact) mass is 802 g/mol. The summed E-state index contributed by atoms with van der Waals surface area (Å²) in [6.45, 7) is 13.6. The van der Waals surface area contributed by atoms with E-state index in [0.29, 0.717) is 0 Å². The summed E-state index contributed by atoms with van der Waals surface area (Å²) in [4.78, 5) is 2.40. The molecule has 11 aromatic rings. The van der Waals surface area contributed by atoms with Gasteiger partial charge in [0, 0.05) is 67.3 Å². The number of nitrogens with zero attached hydrogens (tertiary/aromatic N) is 4. The summed E-state index contributed by atoms with van der Waals surface area (Å²) in [6.07, 6.45) is 2.20. The van der Waals surface area contributed by atoms with Gasteiger partial charge in [-0.25, -0.2) is 0 Å². The number of hydrogen-bond acceptors (Lipinski definition) is 1. The van der Waals surface area contributed by atoms with Crippen molar-refractivity contribution in [2.45, 2.75) is 52.4 Å².